The van der Waals surface area contributed by atoms with Crippen molar-refractivity contribution in [1.29, 1.82) is 0 Å². The van der Waals surface area contributed by atoms with E-state index in [9.17, 15) is 9.59 Å². The number of fused-ring (bicyclic) bond motifs is 1. The summed E-state index contributed by atoms with van der Waals surface area (Å²) < 4.78 is 0. The maximum Gasteiger partial charge on any atom is 0.150 e. The average molecular weight is 198 g/mol. The van der Waals surface area contributed by atoms with Crippen LogP contribution in [0.15, 0.2) is 30.3 Å². The first kappa shape index (κ1) is 9.59. The second-order valence-corrected chi connectivity index (χ2v) is 3.46. The van der Waals surface area contributed by atoms with E-state index in [-0.39, 0.29) is 0 Å². The van der Waals surface area contributed by atoms with E-state index in [1.807, 2.05) is 25.1 Å². The Labute approximate surface area is 87.5 Å². The molecule has 0 unspecified atom stereocenters. The van der Waals surface area contributed by atoms with Gasteiger partial charge in [0, 0.05) is 11.1 Å². The molecule has 0 radical (unpaired) electrons. The monoisotopic (exact) mass is 198 g/mol. The predicted molar refractivity (Wildman–Crippen MR) is 59.5 cm³/mol. The van der Waals surface area contributed by atoms with E-state index < -0.39 is 0 Å². The van der Waals surface area contributed by atoms with Gasteiger partial charge in [0.05, 0.1) is 0 Å². The Bertz CT molecular complexity index is 541. The van der Waals surface area contributed by atoms with Crippen molar-refractivity contribution < 1.29 is 9.59 Å². The lowest BCUT2D eigenvalue weighted by Gasteiger charge is -2.06. The van der Waals surface area contributed by atoms with Crippen molar-refractivity contribution in [3.8, 4) is 0 Å². The third-order valence-electron chi connectivity index (χ3n) is 2.66. The molecule has 0 aliphatic heterocycles. The molecular formula is C13H10O2. The smallest absolute Gasteiger partial charge is 0.150 e. The number of aryl methyl sites for hydroxylation is 1. The first-order valence-electron chi connectivity index (χ1n) is 4.70. The Kier molecular flexibility index (Phi) is 2.34. The quantitative estimate of drug-likeness (QED) is 0.695. The molecule has 2 nitrogen and oxygen atoms in total. The highest BCUT2D eigenvalue weighted by Crippen LogP contribution is 2.23. The van der Waals surface area contributed by atoms with Crippen LogP contribution in [0.5, 0.6) is 0 Å². The third kappa shape index (κ3) is 1.44. The predicted octanol–water partition coefficient (Wildman–Crippen LogP) is 2.77. The zero-order valence-corrected chi connectivity index (χ0v) is 8.36. The maximum absolute atomic E-state index is 10.8. The van der Waals surface area contributed by atoms with Gasteiger partial charge in [-0.25, -0.2) is 0 Å². The number of hydrogen-bond donors (Lipinski definition) is 0. The summed E-state index contributed by atoms with van der Waals surface area (Å²) in [7, 11) is 0. The molecule has 0 bridgehead atoms. The molecule has 0 aliphatic rings. The largest absolute Gasteiger partial charge is 0.298 e. The maximum atomic E-state index is 10.8. The second kappa shape index (κ2) is 3.65. The van der Waals surface area contributed by atoms with Gasteiger partial charge in [-0.3, -0.25) is 9.59 Å². The van der Waals surface area contributed by atoms with Gasteiger partial charge in [0.2, 0.25) is 0 Å². The van der Waals surface area contributed by atoms with Gasteiger partial charge in [-0.1, -0.05) is 30.3 Å². The topological polar surface area (TPSA) is 34.1 Å². The van der Waals surface area contributed by atoms with Gasteiger partial charge >= 0.3 is 0 Å². The number of carbonyl (C=O) groups is 2. The molecule has 0 saturated carbocycles. The molecule has 15 heavy (non-hydrogen) atoms. The minimum Gasteiger partial charge on any atom is -0.298 e. The lowest BCUT2D eigenvalue weighted by molar-refractivity contribution is 0.111. The fourth-order valence-electron chi connectivity index (χ4n) is 1.78. The highest BCUT2D eigenvalue weighted by Gasteiger charge is 2.05. The van der Waals surface area contributed by atoms with E-state index in [4.69, 9.17) is 0 Å². The third-order valence-corrected chi connectivity index (χ3v) is 2.66. The second-order valence-electron chi connectivity index (χ2n) is 3.46. The zero-order chi connectivity index (χ0) is 10.8. The molecular weight excluding hydrogens is 188 g/mol. The fraction of sp³-hybridized carbons (Fsp3) is 0.0769. The van der Waals surface area contributed by atoms with Gasteiger partial charge < -0.3 is 0 Å². The SMILES string of the molecule is Cc1c(C=O)ccc2c(C=O)cccc12. The van der Waals surface area contributed by atoms with Crippen LogP contribution in [0.3, 0.4) is 0 Å². The summed E-state index contributed by atoms with van der Waals surface area (Å²) in [5.74, 6) is 0. The number of rotatable bonds is 2. The van der Waals surface area contributed by atoms with Crippen LogP contribution in [-0.2, 0) is 0 Å². The number of hydrogen-bond acceptors (Lipinski definition) is 2. The van der Waals surface area contributed by atoms with Crippen molar-refractivity contribution in [2.45, 2.75) is 6.92 Å². The molecule has 2 heteroatoms. The standard InChI is InChI=1S/C13H10O2/c1-9-10(7-14)5-6-13-11(8-15)3-2-4-12(9)13/h2-8H,1H3. The van der Waals surface area contributed by atoms with E-state index in [0.29, 0.717) is 11.1 Å². The van der Waals surface area contributed by atoms with Gasteiger partial charge in [0.1, 0.15) is 6.29 Å². The van der Waals surface area contributed by atoms with Crippen molar-refractivity contribution in [2.75, 3.05) is 0 Å². The van der Waals surface area contributed by atoms with Gasteiger partial charge in [0.25, 0.3) is 0 Å². The van der Waals surface area contributed by atoms with Gasteiger partial charge in [-0.05, 0) is 23.3 Å². The molecule has 2 aromatic carbocycles. The highest BCUT2D eigenvalue weighted by atomic mass is 16.1. The first-order chi connectivity index (χ1) is 7.27. The average Bonchev–Trinajstić information content (AvgIpc) is 2.29. The van der Waals surface area contributed by atoms with Gasteiger partial charge in [0.15, 0.2) is 6.29 Å². The molecule has 0 atom stereocenters. The molecule has 74 valence electrons. The Morgan fingerprint density at radius 3 is 2.27 bits per heavy atom. The molecule has 0 aliphatic carbocycles. The summed E-state index contributed by atoms with van der Waals surface area (Å²) in [4.78, 5) is 21.6. The van der Waals surface area contributed by atoms with Crippen LogP contribution >= 0.6 is 0 Å². The number of aldehydes is 2. The van der Waals surface area contributed by atoms with Crippen molar-refractivity contribution in [3.05, 3.63) is 47.0 Å². The number of benzene rings is 2. The van der Waals surface area contributed by atoms with E-state index in [1.165, 1.54) is 0 Å². The van der Waals surface area contributed by atoms with Crippen molar-refractivity contribution in [3.63, 3.8) is 0 Å². The normalized spacial score (nSPS) is 10.2. The van der Waals surface area contributed by atoms with Crippen LogP contribution in [0.25, 0.3) is 10.8 Å². The Hall–Kier alpha value is -1.96. The van der Waals surface area contributed by atoms with Crippen LogP contribution in [0.1, 0.15) is 26.3 Å². The first-order valence-corrected chi connectivity index (χ1v) is 4.70. The molecule has 0 heterocycles. The molecule has 0 aromatic heterocycles. The van der Waals surface area contributed by atoms with Crippen molar-refractivity contribution >= 4 is 23.3 Å². The van der Waals surface area contributed by atoms with Gasteiger partial charge in [-0.2, -0.15) is 0 Å². The Morgan fingerprint density at radius 2 is 1.60 bits per heavy atom. The molecule has 2 aromatic rings. The summed E-state index contributed by atoms with van der Waals surface area (Å²) in [5.41, 5.74) is 2.25. The summed E-state index contributed by atoms with van der Waals surface area (Å²) in [5, 5.41) is 1.86. The van der Waals surface area contributed by atoms with E-state index in [0.717, 1.165) is 28.9 Å². The van der Waals surface area contributed by atoms with Crippen LogP contribution in [0, 0.1) is 6.92 Å². The van der Waals surface area contributed by atoms with E-state index in [1.54, 1.807) is 12.1 Å². The van der Waals surface area contributed by atoms with Crippen molar-refractivity contribution in [2.24, 2.45) is 0 Å². The van der Waals surface area contributed by atoms with Crippen LogP contribution < -0.4 is 0 Å². The molecule has 0 spiro atoms. The highest BCUT2D eigenvalue weighted by molar-refractivity contribution is 6.01. The van der Waals surface area contributed by atoms with Crippen LogP contribution in [0.4, 0.5) is 0 Å². The summed E-state index contributed by atoms with van der Waals surface area (Å²) in [6.07, 6.45) is 1.67. The van der Waals surface area contributed by atoms with Crippen LogP contribution in [0.2, 0.25) is 0 Å². The zero-order valence-electron chi connectivity index (χ0n) is 8.36. The summed E-state index contributed by atoms with van der Waals surface area (Å²) in [6, 6.07) is 9.08. The lowest BCUT2D eigenvalue weighted by Crippen LogP contribution is -1.90. The molecule has 0 saturated heterocycles. The van der Waals surface area contributed by atoms with Crippen molar-refractivity contribution in [1.82, 2.24) is 0 Å². The van der Waals surface area contributed by atoms with Crippen LogP contribution in [-0.4, -0.2) is 12.6 Å². The molecule has 0 N–H and O–H groups in total. The van der Waals surface area contributed by atoms with Gasteiger partial charge in [-0.15, -0.1) is 0 Å². The minimum absolute atomic E-state index is 0.660. The number of carbonyl (C=O) groups excluding carboxylic acids is 2. The minimum atomic E-state index is 0.660. The molecule has 2 rings (SSSR count). The lowest BCUT2D eigenvalue weighted by atomic mass is 9.98. The Morgan fingerprint density at radius 1 is 0.867 bits per heavy atom. The molecule has 0 fully saturated rings. The van der Waals surface area contributed by atoms with E-state index >= 15 is 0 Å². The summed E-state index contributed by atoms with van der Waals surface area (Å²) >= 11 is 0. The molecule has 0 amide bonds. The van der Waals surface area contributed by atoms with E-state index in [2.05, 4.69) is 0 Å². The summed E-state index contributed by atoms with van der Waals surface area (Å²) in [6.45, 7) is 1.89. The fourth-order valence-corrected chi connectivity index (χ4v) is 1.78. The Balaban J connectivity index is 2.89.